The predicted octanol–water partition coefficient (Wildman–Crippen LogP) is 2.96. The molecule has 3 rings (SSSR count). The highest BCUT2D eigenvalue weighted by Crippen LogP contribution is 2.48. The summed E-state index contributed by atoms with van der Waals surface area (Å²) in [4.78, 5) is 12.4. The van der Waals surface area contributed by atoms with Gasteiger partial charge >= 0.3 is 0 Å². The van der Waals surface area contributed by atoms with Gasteiger partial charge in [0.05, 0.1) is 5.02 Å². The van der Waals surface area contributed by atoms with Gasteiger partial charge in [-0.05, 0) is 42.7 Å². The number of fused-ring (bicyclic) bond motifs is 2. The summed E-state index contributed by atoms with van der Waals surface area (Å²) in [7, 11) is 0. The van der Waals surface area contributed by atoms with E-state index >= 15 is 0 Å². The number of Topliss-reactive ketones (excluding diaryl/α,β-unsaturated/α-hetero) is 1. The number of ketones is 1. The molecule has 1 aromatic rings. The fraction of sp³-hybridized carbons (Fsp3) is 0.533. The maximum absolute atomic E-state index is 13.8. The average molecular weight is 282 g/mol. The number of halogens is 2. The number of benzene rings is 1. The lowest BCUT2D eigenvalue weighted by atomic mass is 9.80. The van der Waals surface area contributed by atoms with Gasteiger partial charge in [0.1, 0.15) is 11.6 Å². The summed E-state index contributed by atoms with van der Waals surface area (Å²) < 4.78 is 13.8. The molecule has 4 atom stereocenters. The molecule has 4 unspecified atom stereocenters. The van der Waals surface area contributed by atoms with Gasteiger partial charge in [0.15, 0.2) is 0 Å². The van der Waals surface area contributed by atoms with E-state index in [4.69, 9.17) is 17.3 Å². The van der Waals surface area contributed by atoms with Gasteiger partial charge in [-0.15, -0.1) is 0 Å². The second-order valence-electron chi connectivity index (χ2n) is 5.79. The van der Waals surface area contributed by atoms with Gasteiger partial charge in [-0.25, -0.2) is 4.39 Å². The van der Waals surface area contributed by atoms with Gasteiger partial charge in [-0.2, -0.15) is 0 Å². The van der Waals surface area contributed by atoms with E-state index in [2.05, 4.69) is 0 Å². The molecular formula is C15H17ClFNO. The second kappa shape index (κ2) is 4.88. The van der Waals surface area contributed by atoms with E-state index in [-0.39, 0.29) is 29.2 Å². The molecule has 2 bridgehead atoms. The molecule has 2 nitrogen and oxygen atoms in total. The molecule has 0 aromatic heterocycles. The summed E-state index contributed by atoms with van der Waals surface area (Å²) in [6, 6.07) is 4.76. The number of carbonyl (C=O) groups is 1. The maximum atomic E-state index is 13.8. The van der Waals surface area contributed by atoms with Crippen molar-refractivity contribution in [2.45, 2.75) is 31.7 Å². The first-order valence-electron chi connectivity index (χ1n) is 6.79. The third-order valence-electron chi connectivity index (χ3n) is 4.75. The Balaban J connectivity index is 1.77. The van der Waals surface area contributed by atoms with E-state index in [1.165, 1.54) is 6.07 Å². The molecule has 0 aliphatic heterocycles. The van der Waals surface area contributed by atoms with Gasteiger partial charge in [-0.1, -0.05) is 23.7 Å². The summed E-state index contributed by atoms with van der Waals surface area (Å²) in [5.74, 6) is 0.408. The summed E-state index contributed by atoms with van der Waals surface area (Å²) >= 11 is 5.74. The number of rotatable bonds is 3. The summed E-state index contributed by atoms with van der Waals surface area (Å²) in [5.41, 5.74) is 6.53. The number of nitrogens with two attached hydrogens (primary N) is 1. The van der Waals surface area contributed by atoms with Crippen molar-refractivity contribution in [1.29, 1.82) is 0 Å². The normalized spacial score (nSPS) is 32.8. The average Bonchev–Trinajstić information content (AvgIpc) is 2.95. The highest BCUT2D eigenvalue weighted by molar-refractivity contribution is 6.30. The van der Waals surface area contributed by atoms with E-state index in [1.54, 1.807) is 12.1 Å². The van der Waals surface area contributed by atoms with Gasteiger partial charge in [0, 0.05) is 18.4 Å². The standard InChI is InChI=1S/C15H17ClFNO/c16-11-3-1-2-9(14(11)17)7-12(19)13-8-4-5-10(6-8)15(13)18/h1-3,8,10,13,15H,4-7,18H2. The summed E-state index contributed by atoms with van der Waals surface area (Å²) in [5, 5.41) is 0.0718. The topological polar surface area (TPSA) is 43.1 Å². The largest absolute Gasteiger partial charge is 0.327 e. The van der Waals surface area contributed by atoms with Gasteiger partial charge in [0.25, 0.3) is 0 Å². The van der Waals surface area contributed by atoms with Crippen LogP contribution in [0.2, 0.25) is 5.02 Å². The maximum Gasteiger partial charge on any atom is 0.145 e. The van der Waals surface area contributed by atoms with Crippen LogP contribution < -0.4 is 5.73 Å². The smallest absolute Gasteiger partial charge is 0.145 e. The zero-order chi connectivity index (χ0) is 13.6. The Morgan fingerprint density at radius 2 is 2.11 bits per heavy atom. The first-order chi connectivity index (χ1) is 9.08. The van der Waals surface area contributed by atoms with Crippen molar-refractivity contribution < 1.29 is 9.18 Å². The number of carbonyl (C=O) groups excluding carboxylic acids is 1. The van der Waals surface area contributed by atoms with Gasteiger partial charge < -0.3 is 5.73 Å². The number of hydrogen-bond acceptors (Lipinski definition) is 2. The first kappa shape index (κ1) is 13.1. The molecule has 0 saturated heterocycles. The van der Waals surface area contributed by atoms with Crippen molar-refractivity contribution in [2.75, 3.05) is 0 Å². The molecule has 2 aliphatic rings. The molecule has 0 spiro atoms. The first-order valence-corrected chi connectivity index (χ1v) is 7.17. The Morgan fingerprint density at radius 3 is 2.79 bits per heavy atom. The molecule has 4 heteroatoms. The molecule has 2 fully saturated rings. The van der Waals surface area contributed by atoms with Crippen LogP contribution in [-0.4, -0.2) is 11.8 Å². The van der Waals surface area contributed by atoms with Crippen molar-refractivity contribution >= 4 is 17.4 Å². The van der Waals surface area contributed by atoms with Crippen molar-refractivity contribution in [2.24, 2.45) is 23.5 Å². The van der Waals surface area contributed by atoms with Crippen LogP contribution in [0.15, 0.2) is 18.2 Å². The van der Waals surface area contributed by atoms with Crippen LogP contribution >= 0.6 is 11.6 Å². The zero-order valence-electron chi connectivity index (χ0n) is 10.6. The van der Waals surface area contributed by atoms with E-state index in [1.807, 2.05) is 0 Å². The quantitative estimate of drug-likeness (QED) is 0.926. The van der Waals surface area contributed by atoms with E-state index in [0.717, 1.165) is 19.3 Å². The Hall–Kier alpha value is -0.930. The third kappa shape index (κ3) is 2.19. The molecule has 0 radical (unpaired) electrons. The van der Waals surface area contributed by atoms with Crippen LogP contribution in [-0.2, 0) is 11.2 Å². The van der Waals surface area contributed by atoms with E-state index in [0.29, 0.717) is 17.4 Å². The monoisotopic (exact) mass is 281 g/mol. The van der Waals surface area contributed by atoms with Crippen LogP contribution in [0.4, 0.5) is 4.39 Å². The minimum absolute atomic E-state index is 0.0338. The zero-order valence-corrected chi connectivity index (χ0v) is 11.4. The molecule has 1 aromatic carbocycles. The molecule has 2 N–H and O–H groups in total. The van der Waals surface area contributed by atoms with E-state index < -0.39 is 5.82 Å². The summed E-state index contributed by atoms with van der Waals surface area (Å²) in [6.45, 7) is 0. The lowest BCUT2D eigenvalue weighted by Gasteiger charge is -2.26. The summed E-state index contributed by atoms with van der Waals surface area (Å²) in [6.07, 6.45) is 3.40. The Labute approximate surface area is 117 Å². The van der Waals surface area contributed by atoms with Crippen LogP contribution in [0, 0.1) is 23.6 Å². The van der Waals surface area contributed by atoms with E-state index in [9.17, 15) is 9.18 Å². The molecule has 0 heterocycles. The van der Waals surface area contributed by atoms with Crippen LogP contribution in [0.25, 0.3) is 0 Å². The lowest BCUT2D eigenvalue weighted by Crippen LogP contribution is -2.40. The number of hydrogen-bond donors (Lipinski definition) is 1. The van der Waals surface area contributed by atoms with Crippen molar-refractivity contribution in [3.8, 4) is 0 Å². The Morgan fingerprint density at radius 1 is 1.37 bits per heavy atom. The fourth-order valence-corrected chi connectivity index (χ4v) is 4.00. The molecular weight excluding hydrogens is 265 g/mol. The van der Waals surface area contributed by atoms with Gasteiger partial charge in [0.2, 0.25) is 0 Å². The predicted molar refractivity (Wildman–Crippen MR) is 72.4 cm³/mol. The van der Waals surface area contributed by atoms with Gasteiger partial charge in [-0.3, -0.25) is 4.79 Å². The minimum atomic E-state index is -0.478. The molecule has 2 aliphatic carbocycles. The lowest BCUT2D eigenvalue weighted by molar-refractivity contribution is -0.124. The second-order valence-corrected chi connectivity index (χ2v) is 6.20. The molecule has 0 amide bonds. The van der Waals surface area contributed by atoms with Crippen molar-refractivity contribution in [3.63, 3.8) is 0 Å². The molecule has 102 valence electrons. The minimum Gasteiger partial charge on any atom is -0.327 e. The van der Waals surface area contributed by atoms with Crippen LogP contribution in [0.5, 0.6) is 0 Å². The van der Waals surface area contributed by atoms with Crippen molar-refractivity contribution in [3.05, 3.63) is 34.6 Å². The molecule has 19 heavy (non-hydrogen) atoms. The highest BCUT2D eigenvalue weighted by atomic mass is 35.5. The Kier molecular flexibility index (Phi) is 3.35. The SMILES string of the molecule is NC1C2CCC(C2)C1C(=O)Cc1cccc(Cl)c1F. The van der Waals surface area contributed by atoms with Crippen LogP contribution in [0.3, 0.4) is 0 Å². The van der Waals surface area contributed by atoms with Crippen molar-refractivity contribution in [1.82, 2.24) is 0 Å². The third-order valence-corrected chi connectivity index (χ3v) is 5.04. The highest BCUT2D eigenvalue weighted by Gasteiger charge is 2.48. The fourth-order valence-electron chi connectivity index (χ4n) is 3.80. The van der Waals surface area contributed by atoms with Crippen LogP contribution in [0.1, 0.15) is 24.8 Å². The Bertz CT molecular complexity index is 517. The molecule has 2 saturated carbocycles.